The first kappa shape index (κ1) is 20.6. The summed E-state index contributed by atoms with van der Waals surface area (Å²) >= 11 is 0. The number of fused-ring (bicyclic) bond motifs is 1. The highest BCUT2D eigenvalue weighted by Gasteiger charge is 2.41. The van der Waals surface area contributed by atoms with Gasteiger partial charge in [0.15, 0.2) is 10.7 Å². The fraction of sp³-hybridized carbons (Fsp3) is 0.588. The molecule has 2 aromatic heterocycles. The lowest BCUT2D eigenvalue weighted by Gasteiger charge is -2.31. The Morgan fingerprint density at radius 3 is 2.50 bits per heavy atom. The van der Waals surface area contributed by atoms with Gasteiger partial charge in [0.1, 0.15) is 0 Å². The van der Waals surface area contributed by atoms with E-state index in [2.05, 4.69) is 9.97 Å². The number of halogens is 2. The van der Waals surface area contributed by atoms with Crippen LogP contribution in [0.4, 0.5) is 8.78 Å². The third-order valence-corrected chi connectivity index (χ3v) is 6.48. The topological polar surface area (TPSA) is 93.9 Å². The molecule has 0 bridgehead atoms. The van der Waals surface area contributed by atoms with Crippen LogP contribution in [-0.2, 0) is 14.8 Å². The fourth-order valence-electron chi connectivity index (χ4n) is 3.05. The summed E-state index contributed by atoms with van der Waals surface area (Å²) in [7, 11) is -4.07. The summed E-state index contributed by atoms with van der Waals surface area (Å²) in [4.78, 5) is 20.3. The first-order chi connectivity index (χ1) is 13.1. The molecular formula is C17H22F2N4O4S. The van der Waals surface area contributed by atoms with Gasteiger partial charge in [0.2, 0.25) is 5.78 Å². The van der Waals surface area contributed by atoms with Crippen LogP contribution in [0, 0.1) is 0 Å². The van der Waals surface area contributed by atoms with E-state index in [9.17, 15) is 22.0 Å². The number of carbonyl (C=O) groups excluding carboxylic acids is 1. The number of aromatic nitrogens is 3. The maximum Gasteiger partial charge on any atom is 0.357 e. The van der Waals surface area contributed by atoms with E-state index in [-0.39, 0.29) is 47.8 Å². The van der Waals surface area contributed by atoms with Crippen LogP contribution in [0.5, 0.6) is 0 Å². The number of hydrogen-bond acceptors (Lipinski definition) is 6. The van der Waals surface area contributed by atoms with Crippen molar-refractivity contribution in [2.24, 2.45) is 0 Å². The van der Waals surface area contributed by atoms with Crippen molar-refractivity contribution in [2.45, 2.75) is 50.5 Å². The number of piperidine rings is 1. The normalized spacial score (nSPS) is 17.9. The molecule has 2 aromatic rings. The Morgan fingerprint density at radius 1 is 1.29 bits per heavy atom. The number of ether oxygens (including phenoxy) is 1. The van der Waals surface area contributed by atoms with Crippen molar-refractivity contribution in [3.05, 3.63) is 23.7 Å². The fourth-order valence-corrected chi connectivity index (χ4v) is 4.90. The average Bonchev–Trinajstić information content (AvgIpc) is 3.01. The first-order valence-corrected chi connectivity index (χ1v) is 10.4. The lowest BCUT2D eigenvalue weighted by Crippen LogP contribution is -2.43. The van der Waals surface area contributed by atoms with Gasteiger partial charge in [0.05, 0.1) is 12.3 Å². The number of esters is 1. The van der Waals surface area contributed by atoms with E-state index >= 15 is 0 Å². The maximum atomic E-state index is 13.5. The van der Waals surface area contributed by atoms with Gasteiger partial charge in [-0.15, -0.1) is 0 Å². The predicted molar refractivity (Wildman–Crippen MR) is 96.0 cm³/mol. The number of imidazole rings is 1. The second kappa shape index (κ2) is 7.36. The molecule has 1 fully saturated rings. The van der Waals surface area contributed by atoms with Crippen LogP contribution in [0.25, 0.3) is 5.78 Å². The minimum Gasteiger partial charge on any atom is -0.461 e. The van der Waals surface area contributed by atoms with Crippen molar-refractivity contribution in [3.8, 4) is 0 Å². The highest BCUT2D eigenvalue weighted by molar-refractivity contribution is 7.89. The molecule has 0 N–H and O–H groups in total. The Balaban J connectivity index is 2.08. The second-order valence-electron chi connectivity index (χ2n) is 6.92. The highest BCUT2D eigenvalue weighted by atomic mass is 32.2. The van der Waals surface area contributed by atoms with E-state index in [1.807, 2.05) is 0 Å². The molecule has 1 aliphatic rings. The molecule has 28 heavy (non-hydrogen) atoms. The summed E-state index contributed by atoms with van der Waals surface area (Å²) in [5, 5.41) is -0.106. The Morgan fingerprint density at radius 2 is 1.93 bits per heavy atom. The molecule has 0 aliphatic carbocycles. The molecule has 0 unspecified atom stereocenters. The van der Waals surface area contributed by atoms with Crippen LogP contribution in [0.2, 0.25) is 0 Å². The van der Waals surface area contributed by atoms with Crippen LogP contribution >= 0.6 is 0 Å². The Kier molecular flexibility index (Phi) is 5.41. The van der Waals surface area contributed by atoms with Gasteiger partial charge in [-0.2, -0.15) is 4.31 Å². The number of nitrogens with zero attached hydrogens (tertiary/aromatic N) is 4. The molecule has 1 aliphatic heterocycles. The van der Waals surface area contributed by atoms with Crippen LogP contribution in [-0.4, -0.2) is 58.7 Å². The Labute approximate surface area is 161 Å². The number of alkyl halides is 2. The molecule has 0 radical (unpaired) electrons. The van der Waals surface area contributed by atoms with E-state index < -0.39 is 34.8 Å². The Hall–Kier alpha value is -2.14. The SMILES string of the molecule is CCOC(=O)c1ccn2c(S(=O)(=O)N3CCC(F)(F)CC3)c(C(C)C)nc2n1. The Bertz CT molecular complexity index is 994. The maximum absolute atomic E-state index is 13.5. The van der Waals surface area contributed by atoms with Crippen molar-refractivity contribution in [2.75, 3.05) is 19.7 Å². The standard InChI is InChI=1S/C17H22F2N4O4S/c1-4-27-15(24)12-5-8-23-14(13(11(2)3)21-16(23)20-12)28(25,26)22-9-6-17(18,19)7-10-22/h5,8,11H,4,6-7,9-10H2,1-3H3. The largest absolute Gasteiger partial charge is 0.461 e. The zero-order valence-corrected chi connectivity index (χ0v) is 16.7. The summed E-state index contributed by atoms with van der Waals surface area (Å²) in [6, 6.07) is 1.35. The second-order valence-corrected chi connectivity index (χ2v) is 8.77. The third kappa shape index (κ3) is 3.72. The lowest BCUT2D eigenvalue weighted by atomic mass is 10.1. The van der Waals surface area contributed by atoms with Crippen molar-refractivity contribution in [1.29, 1.82) is 0 Å². The van der Waals surface area contributed by atoms with E-state index in [0.717, 1.165) is 4.31 Å². The van der Waals surface area contributed by atoms with Gasteiger partial charge < -0.3 is 4.74 Å². The monoisotopic (exact) mass is 416 g/mol. The molecule has 1 saturated heterocycles. The summed E-state index contributed by atoms with van der Waals surface area (Å²) in [6.45, 7) is 4.85. The third-order valence-electron chi connectivity index (χ3n) is 4.55. The highest BCUT2D eigenvalue weighted by Crippen LogP contribution is 2.33. The van der Waals surface area contributed by atoms with Crippen LogP contribution in [0.15, 0.2) is 17.3 Å². The van der Waals surface area contributed by atoms with Crippen LogP contribution in [0.3, 0.4) is 0 Å². The van der Waals surface area contributed by atoms with E-state index in [1.54, 1.807) is 20.8 Å². The van der Waals surface area contributed by atoms with E-state index in [1.165, 1.54) is 16.7 Å². The number of rotatable bonds is 5. The molecular weight excluding hydrogens is 394 g/mol. The van der Waals surface area contributed by atoms with Crippen LogP contribution < -0.4 is 0 Å². The molecule has 3 heterocycles. The lowest BCUT2D eigenvalue weighted by molar-refractivity contribution is -0.0412. The van der Waals surface area contributed by atoms with Gasteiger partial charge >= 0.3 is 5.97 Å². The molecule has 154 valence electrons. The predicted octanol–water partition coefficient (Wildman–Crippen LogP) is 2.45. The summed E-state index contributed by atoms with van der Waals surface area (Å²) in [5.41, 5.74) is 0.280. The van der Waals surface area contributed by atoms with Gasteiger partial charge in [-0.05, 0) is 18.9 Å². The molecule has 0 saturated carbocycles. The summed E-state index contributed by atoms with van der Waals surface area (Å²) in [6.07, 6.45) is 0.343. The number of hydrogen-bond donors (Lipinski definition) is 0. The minimum absolute atomic E-state index is 0.0104. The van der Waals surface area contributed by atoms with Crippen LogP contribution in [0.1, 0.15) is 55.7 Å². The van der Waals surface area contributed by atoms with E-state index in [4.69, 9.17) is 4.74 Å². The molecule has 11 heteroatoms. The minimum atomic E-state index is -4.07. The molecule has 0 amide bonds. The van der Waals surface area contributed by atoms with Gasteiger partial charge in [0.25, 0.3) is 15.9 Å². The molecule has 0 aromatic carbocycles. The molecule has 3 rings (SSSR count). The van der Waals surface area contributed by atoms with Crippen molar-refractivity contribution in [3.63, 3.8) is 0 Å². The number of sulfonamides is 1. The first-order valence-electron chi connectivity index (χ1n) is 9.01. The van der Waals surface area contributed by atoms with Crippen molar-refractivity contribution in [1.82, 2.24) is 18.7 Å². The molecule has 0 atom stereocenters. The zero-order chi connectivity index (χ0) is 20.7. The van der Waals surface area contributed by atoms with E-state index in [0.29, 0.717) is 0 Å². The van der Waals surface area contributed by atoms with Gasteiger partial charge in [-0.3, -0.25) is 4.40 Å². The quantitative estimate of drug-likeness (QED) is 0.695. The number of carbonyl (C=O) groups is 1. The smallest absolute Gasteiger partial charge is 0.357 e. The summed E-state index contributed by atoms with van der Waals surface area (Å²) < 4.78 is 60.6. The van der Waals surface area contributed by atoms with Crippen molar-refractivity contribution < 1.29 is 26.7 Å². The summed E-state index contributed by atoms with van der Waals surface area (Å²) in [5.74, 6) is -3.72. The van der Waals surface area contributed by atoms with Gasteiger partial charge in [-0.1, -0.05) is 13.8 Å². The average molecular weight is 416 g/mol. The molecule has 0 spiro atoms. The molecule has 8 nitrogen and oxygen atoms in total. The van der Waals surface area contributed by atoms with Gasteiger partial charge in [-0.25, -0.2) is 32.0 Å². The van der Waals surface area contributed by atoms with Crippen molar-refractivity contribution >= 4 is 21.8 Å². The zero-order valence-electron chi connectivity index (χ0n) is 15.9. The van der Waals surface area contributed by atoms with Gasteiger partial charge in [0, 0.05) is 32.1 Å².